The number of hydrogen-bond donors (Lipinski definition) is 1. The van der Waals surface area contributed by atoms with Crippen LogP contribution < -0.4 is 5.32 Å². The molecule has 0 radical (unpaired) electrons. The highest BCUT2D eigenvalue weighted by Crippen LogP contribution is 1.98. The van der Waals surface area contributed by atoms with E-state index in [0.717, 1.165) is 18.8 Å². The molecule has 1 aromatic heterocycles. The smallest absolute Gasteiger partial charge is 0.151 e. The third-order valence-electron chi connectivity index (χ3n) is 2.58. The van der Waals surface area contributed by atoms with Gasteiger partial charge in [-0.15, -0.1) is 0 Å². The molecule has 5 nitrogen and oxygen atoms in total. The first-order valence-corrected chi connectivity index (χ1v) is 7.82. The number of nitrogens with zero attached hydrogens (tertiary/aromatic N) is 2. The second-order valence-electron chi connectivity index (χ2n) is 3.95. The van der Waals surface area contributed by atoms with E-state index in [1.54, 1.807) is 13.1 Å². The van der Waals surface area contributed by atoms with Crippen LogP contribution in [-0.2, 0) is 22.9 Å². The molecule has 6 heteroatoms. The maximum Gasteiger partial charge on any atom is 0.151 e. The lowest BCUT2D eigenvalue weighted by molar-refractivity contribution is 0.580. The standard InChI is InChI=1S/C11H21N3O2S/c1-3-7-14-8-5-13-11(14)10-12-6-9-17(15,16)4-2/h5,8,12H,3-4,6-7,9-10H2,1-2H3. The maximum absolute atomic E-state index is 11.3. The number of aryl methyl sites for hydroxylation is 1. The van der Waals surface area contributed by atoms with Crippen LogP contribution in [0.25, 0.3) is 0 Å². The summed E-state index contributed by atoms with van der Waals surface area (Å²) in [6.07, 6.45) is 4.78. The van der Waals surface area contributed by atoms with Crippen LogP contribution in [0.4, 0.5) is 0 Å². The maximum atomic E-state index is 11.3. The predicted molar refractivity (Wildman–Crippen MR) is 68.6 cm³/mol. The van der Waals surface area contributed by atoms with Crippen molar-refractivity contribution >= 4 is 9.84 Å². The molecule has 0 saturated carbocycles. The molecule has 1 heterocycles. The van der Waals surface area contributed by atoms with Crippen molar-refractivity contribution in [3.05, 3.63) is 18.2 Å². The van der Waals surface area contributed by atoms with E-state index in [4.69, 9.17) is 0 Å². The summed E-state index contributed by atoms with van der Waals surface area (Å²) in [5.41, 5.74) is 0. The van der Waals surface area contributed by atoms with Gasteiger partial charge in [0, 0.05) is 31.2 Å². The molecule has 0 aliphatic carbocycles. The van der Waals surface area contributed by atoms with E-state index in [2.05, 4.69) is 21.8 Å². The Labute approximate surface area is 103 Å². The van der Waals surface area contributed by atoms with Gasteiger partial charge in [-0.25, -0.2) is 13.4 Å². The molecule has 1 aromatic rings. The van der Waals surface area contributed by atoms with Gasteiger partial charge in [0.2, 0.25) is 0 Å². The topological polar surface area (TPSA) is 64.0 Å². The Morgan fingerprint density at radius 2 is 2.18 bits per heavy atom. The molecule has 0 spiro atoms. The van der Waals surface area contributed by atoms with Crippen molar-refractivity contribution in [3.63, 3.8) is 0 Å². The Hall–Kier alpha value is -0.880. The fraction of sp³-hybridized carbons (Fsp3) is 0.727. The van der Waals surface area contributed by atoms with Crippen molar-refractivity contribution in [2.75, 3.05) is 18.1 Å². The second kappa shape index (κ2) is 6.76. The van der Waals surface area contributed by atoms with Crippen LogP contribution >= 0.6 is 0 Å². The van der Waals surface area contributed by atoms with Gasteiger partial charge in [-0.3, -0.25) is 0 Å². The highest BCUT2D eigenvalue weighted by molar-refractivity contribution is 7.91. The summed E-state index contributed by atoms with van der Waals surface area (Å²) in [6, 6.07) is 0. The first-order valence-electron chi connectivity index (χ1n) is 6.00. The first-order chi connectivity index (χ1) is 8.09. The lowest BCUT2D eigenvalue weighted by atomic mass is 10.4. The van der Waals surface area contributed by atoms with Crippen molar-refractivity contribution in [3.8, 4) is 0 Å². The van der Waals surface area contributed by atoms with Crippen molar-refractivity contribution in [2.24, 2.45) is 0 Å². The predicted octanol–water partition coefficient (Wildman–Crippen LogP) is 0.817. The lowest BCUT2D eigenvalue weighted by Crippen LogP contribution is -2.25. The summed E-state index contributed by atoms with van der Waals surface area (Å²) >= 11 is 0. The number of imidazole rings is 1. The summed E-state index contributed by atoms with van der Waals surface area (Å²) in [4.78, 5) is 4.24. The normalized spacial score (nSPS) is 11.9. The zero-order chi connectivity index (χ0) is 12.7. The molecular formula is C11H21N3O2S. The van der Waals surface area contributed by atoms with Crippen LogP contribution in [0.15, 0.2) is 12.4 Å². The van der Waals surface area contributed by atoms with E-state index in [9.17, 15) is 8.42 Å². The van der Waals surface area contributed by atoms with E-state index in [1.807, 2.05) is 6.20 Å². The first kappa shape index (κ1) is 14.2. The molecule has 0 aliphatic heterocycles. The Morgan fingerprint density at radius 3 is 2.82 bits per heavy atom. The molecule has 98 valence electrons. The lowest BCUT2D eigenvalue weighted by Gasteiger charge is -2.07. The molecule has 0 saturated heterocycles. The van der Waals surface area contributed by atoms with Crippen LogP contribution in [0.5, 0.6) is 0 Å². The molecule has 0 bridgehead atoms. The summed E-state index contributed by atoms with van der Waals surface area (Å²) in [7, 11) is -2.87. The average Bonchev–Trinajstić information content (AvgIpc) is 2.73. The molecule has 0 unspecified atom stereocenters. The zero-order valence-corrected chi connectivity index (χ0v) is 11.3. The molecule has 17 heavy (non-hydrogen) atoms. The van der Waals surface area contributed by atoms with E-state index in [0.29, 0.717) is 13.1 Å². The number of sulfone groups is 1. The van der Waals surface area contributed by atoms with Crippen LogP contribution in [0.2, 0.25) is 0 Å². The molecule has 0 atom stereocenters. The van der Waals surface area contributed by atoms with Gasteiger partial charge in [0.1, 0.15) is 5.82 Å². The van der Waals surface area contributed by atoms with Crippen LogP contribution in [-0.4, -0.2) is 36.0 Å². The number of rotatable bonds is 8. The van der Waals surface area contributed by atoms with Gasteiger partial charge < -0.3 is 9.88 Å². The summed E-state index contributed by atoms with van der Waals surface area (Å²) in [6.45, 7) is 5.83. The molecule has 1 rings (SSSR count). The highest BCUT2D eigenvalue weighted by atomic mass is 32.2. The second-order valence-corrected chi connectivity index (χ2v) is 6.42. The van der Waals surface area contributed by atoms with Gasteiger partial charge in [-0.1, -0.05) is 13.8 Å². The minimum Gasteiger partial charge on any atom is -0.334 e. The van der Waals surface area contributed by atoms with Crippen molar-refractivity contribution in [1.82, 2.24) is 14.9 Å². The Kier molecular flexibility index (Phi) is 5.64. The molecule has 0 aliphatic rings. The number of nitrogens with one attached hydrogen (secondary N) is 1. The van der Waals surface area contributed by atoms with Crippen LogP contribution in [0.1, 0.15) is 26.1 Å². The van der Waals surface area contributed by atoms with Gasteiger partial charge in [0.25, 0.3) is 0 Å². The Bertz CT molecular complexity index is 426. The third-order valence-corrected chi connectivity index (χ3v) is 4.28. The van der Waals surface area contributed by atoms with Crippen molar-refractivity contribution < 1.29 is 8.42 Å². The fourth-order valence-electron chi connectivity index (χ4n) is 1.52. The largest absolute Gasteiger partial charge is 0.334 e. The summed E-state index contributed by atoms with van der Waals surface area (Å²) in [5, 5.41) is 3.11. The van der Waals surface area contributed by atoms with Crippen LogP contribution in [0.3, 0.4) is 0 Å². The van der Waals surface area contributed by atoms with E-state index >= 15 is 0 Å². The SMILES string of the molecule is CCCn1ccnc1CNCCS(=O)(=O)CC. The van der Waals surface area contributed by atoms with E-state index in [-0.39, 0.29) is 11.5 Å². The Morgan fingerprint density at radius 1 is 1.41 bits per heavy atom. The quantitative estimate of drug-likeness (QED) is 0.702. The molecule has 0 amide bonds. The van der Waals surface area contributed by atoms with Crippen molar-refractivity contribution in [1.29, 1.82) is 0 Å². The van der Waals surface area contributed by atoms with E-state index < -0.39 is 9.84 Å². The van der Waals surface area contributed by atoms with Gasteiger partial charge in [0.05, 0.1) is 12.3 Å². The minimum absolute atomic E-state index is 0.192. The van der Waals surface area contributed by atoms with Crippen LogP contribution in [0, 0.1) is 0 Å². The molecule has 1 N–H and O–H groups in total. The summed E-state index contributed by atoms with van der Waals surface area (Å²) < 4.78 is 24.6. The van der Waals surface area contributed by atoms with Gasteiger partial charge in [-0.05, 0) is 6.42 Å². The fourth-order valence-corrected chi connectivity index (χ4v) is 2.27. The average molecular weight is 259 g/mol. The molecular weight excluding hydrogens is 238 g/mol. The van der Waals surface area contributed by atoms with Gasteiger partial charge in [0.15, 0.2) is 9.84 Å². The molecule has 0 aromatic carbocycles. The van der Waals surface area contributed by atoms with E-state index in [1.165, 1.54) is 0 Å². The molecule has 0 fully saturated rings. The number of aromatic nitrogens is 2. The summed E-state index contributed by atoms with van der Waals surface area (Å²) in [5.74, 6) is 1.36. The number of hydrogen-bond acceptors (Lipinski definition) is 4. The Balaban J connectivity index is 2.33. The highest BCUT2D eigenvalue weighted by Gasteiger charge is 2.07. The third kappa shape index (κ3) is 4.87. The zero-order valence-electron chi connectivity index (χ0n) is 10.5. The minimum atomic E-state index is -2.87. The van der Waals surface area contributed by atoms with Gasteiger partial charge in [-0.2, -0.15) is 0 Å². The van der Waals surface area contributed by atoms with Gasteiger partial charge >= 0.3 is 0 Å². The monoisotopic (exact) mass is 259 g/mol. The van der Waals surface area contributed by atoms with Crippen molar-refractivity contribution in [2.45, 2.75) is 33.4 Å².